The van der Waals surface area contributed by atoms with Gasteiger partial charge in [-0.3, -0.25) is 14.5 Å². The van der Waals surface area contributed by atoms with E-state index in [0.717, 1.165) is 31.1 Å². The molecule has 1 aliphatic rings. The normalized spacial score (nSPS) is 16.9. The van der Waals surface area contributed by atoms with E-state index in [1.807, 2.05) is 6.92 Å². The largest absolute Gasteiger partial charge is 0.480 e. The van der Waals surface area contributed by atoms with Crippen LogP contribution in [0.1, 0.15) is 41.6 Å². The van der Waals surface area contributed by atoms with Gasteiger partial charge in [-0.25, -0.2) is 0 Å². The second-order valence-electron chi connectivity index (χ2n) is 5.73. The molecule has 1 aromatic heterocycles. The van der Waals surface area contributed by atoms with E-state index in [9.17, 15) is 9.59 Å². The van der Waals surface area contributed by atoms with Crippen molar-refractivity contribution in [2.45, 2.75) is 33.2 Å². The first-order valence-corrected chi connectivity index (χ1v) is 7.27. The number of amides is 1. The molecule has 0 atom stereocenters. The number of rotatable bonds is 5. The van der Waals surface area contributed by atoms with Gasteiger partial charge in [-0.15, -0.1) is 0 Å². The van der Waals surface area contributed by atoms with Gasteiger partial charge in [0.25, 0.3) is 5.91 Å². The van der Waals surface area contributed by atoms with Crippen LogP contribution in [-0.2, 0) is 11.3 Å². The topological polar surface area (TPSA) is 82.8 Å². The first kappa shape index (κ1) is 15.6. The fourth-order valence-corrected chi connectivity index (χ4v) is 2.49. The van der Waals surface area contributed by atoms with Crippen molar-refractivity contribution < 1.29 is 19.1 Å². The summed E-state index contributed by atoms with van der Waals surface area (Å²) in [5.41, 5.74) is 0.991. The van der Waals surface area contributed by atoms with E-state index in [1.165, 1.54) is 12.8 Å². The van der Waals surface area contributed by atoms with Gasteiger partial charge in [0.2, 0.25) is 0 Å². The Morgan fingerprint density at radius 2 is 2.10 bits per heavy atom. The van der Waals surface area contributed by atoms with Crippen molar-refractivity contribution >= 4 is 11.9 Å². The van der Waals surface area contributed by atoms with Gasteiger partial charge in [-0.1, -0.05) is 6.92 Å². The lowest BCUT2D eigenvalue weighted by Gasteiger charge is -2.29. The summed E-state index contributed by atoms with van der Waals surface area (Å²) in [6.45, 7) is 6.59. The second kappa shape index (κ2) is 6.76. The van der Waals surface area contributed by atoms with E-state index in [-0.39, 0.29) is 5.76 Å². The molecular weight excluding hydrogens is 272 g/mol. The van der Waals surface area contributed by atoms with Gasteiger partial charge in [0.1, 0.15) is 12.3 Å². The Balaban J connectivity index is 1.95. The molecule has 1 amide bonds. The molecule has 1 fully saturated rings. The van der Waals surface area contributed by atoms with Crippen molar-refractivity contribution in [3.05, 3.63) is 23.2 Å². The lowest BCUT2D eigenvalue weighted by Crippen LogP contribution is -2.32. The minimum atomic E-state index is -1.07. The molecule has 0 radical (unpaired) electrons. The van der Waals surface area contributed by atoms with Gasteiger partial charge in [0.05, 0.1) is 0 Å². The quantitative estimate of drug-likeness (QED) is 0.862. The molecule has 6 nitrogen and oxygen atoms in total. The van der Waals surface area contributed by atoms with Crippen molar-refractivity contribution in [2.24, 2.45) is 5.92 Å². The zero-order valence-electron chi connectivity index (χ0n) is 12.5. The van der Waals surface area contributed by atoms with Crippen LogP contribution in [0.4, 0.5) is 0 Å². The highest BCUT2D eigenvalue weighted by Gasteiger charge is 2.20. The number of carbonyl (C=O) groups is 2. The van der Waals surface area contributed by atoms with Gasteiger partial charge >= 0.3 is 5.97 Å². The predicted octanol–water partition coefficient (Wildman–Crippen LogP) is 1.63. The maximum Gasteiger partial charge on any atom is 0.322 e. The zero-order valence-corrected chi connectivity index (χ0v) is 12.5. The molecule has 116 valence electrons. The third-order valence-corrected chi connectivity index (χ3v) is 3.91. The van der Waals surface area contributed by atoms with Crippen LogP contribution < -0.4 is 5.32 Å². The second-order valence-corrected chi connectivity index (χ2v) is 5.73. The Morgan fingerprint density at radius 3 is 2.71 bits per heavy atom. The van der Waals surface area contributed by atoms with Gasteiger partial charge in [-0.05, 0) is 44.8 Å². The summed E-state index contributed by atoms with van der Waals surface area (Å²) >= 11 is 0. The Hall–Kier alpha value is -1.82. The van der Waals surface area contributed by atoms with Gasteiger partial charge in [-0.2, -0.15) is 0 Å². The Kier molecular flexibility index (Phi) is 5.01. The molecule has 1 aliphatic heterocycles. The smallest absolute Gasteiger partial charge is 0.322 e. The third kappa shape index (κ3) is 4.32. The first-order chi connectivity index (χ1) is 9.95. The summed E-state index contributed by atoms with van der Waals surface area (Å²) in [5.74, 6) is 0.112. The van der Waals surface area contributed by atoms with Crippen molar-refractivity contribution in [1.29, 1.82) is 0 Å². The van der Waals surface area contributed by atoms with Crippen LogP contribution in [0.15, 0.2) is 10.5 Å². The molecule has 0 aromatic carbocycles. The molecule has 2 heterocycles. The number of furan rings is 1. The zero-order chi connectivity index (χ0) is 15.4. The van der Waals surface area contributed by atoms with Crippen molar-refractivity contribution in [3.8, 4) is 0 Å². The summed E-state index contributed by atoms with van der Waals surface area (Å²) < 4.78 is 5.44. The number of likely N-dealkylation sites (tertiary alicyclic amines) is 1. The molecule has 0 spiro atoms. The van der Waals surface area contributed by atoms with E-state index in [2.05, 4.69) is 17.1 Å². The summed E-state index contributed by atoms with van der Waals surface area (Å²) in [7, 11) is 0. The SMILES string of the molecule is Cc1oc(C(=O)NCC(=O)O)cc1CN1CCC(C)CC1. The molecule has 1 saturated heterocycles. The molecule has 0 bridgehead atoms. The van der Waals surface area contributed by atoms with Crippen LogP contribution >= 0.6 is 0 Å². The van der Waals surface area contributed by atoms with E-state index >= 15 is 0 Å². The summed E-state index contributed by atoms with van der Waals surface area (Å²) in [4.78, 5) is 24.6. The highest BCUT2D eigenvalue weighted by molar-refractivity contribution is 5.93. The van der Waals surface area contributed by atoms with Crippen LogP contribution in [-0.4, -0.2) is 41.5 Å². The number of nitrogens with zero attached hydrogens (tertiary/aromatic N) is 1. The van der Waals surface area contributed by atoms with Gasteiger partial charge in [0.15, 0.2) is 5.76 Å². The van der Waals surface area contributed by atoms with E-state index < -0.39 is 18.4 Å². The lowest BCUT2D eigenvalue weighted by atomic mass is 9.99. The molecule has 1 aromatic rings. The molecule has 21 heavy (non-hydrogen) atoms. The highest BCUT2D eigenvalue weighted by Crippen LogP contribution is 2.21. The Bertz CT molecular complexity index is 516. The Morgan fingerprint density at radius 1 is 1.43 bits per heavy atom. The fourth-order valence-electron chi connectivity index (χ4n) is 2.49. The average molecular weight is 294 g/mol. The molecule has 0 saturated carbocycles. The number of hydrogen-bond acceptors (Lipinski definition) is 4. The van der Waals surface area contributed by atoms with Gasteiger partial charge < -0.3 is 14.8 Å². The summed E-state index contributed by atoms with van der Waals surface area (Å²) in [6.07, 6.45) is 2.39. The third-order valence-electron chi connectivity index (χ3n) is 3.91. The van der Waals surface area contributed by atoms with Gasteiger partial charge in [0, 0.05) is 12.1 Å². The molecule has 2 rings (SSSR count). The van der Waals surface area contributed by atoms with Crippen molar-refractivity contribution in [1.82, 2.24) is 10.2 Å². The van der Waals surface area contributed by atoms with Crippen LogP contribution in [0, 0.1) is 12.8 Å². The lowest BCUT2D eigenvalue weighted by molar-refractivity contribution is -0.135. The number of aliphatic carboxylic acids is 1. The van der Waals surface area contributed by atoms with E-state index in [1.54, 1.807) is 6.07 Å². The number of nitrogens with one attached hydrogen (secondary N) is 1. The van der Waals surface area contributed by atoms with Crippen LogP contribution in [0.3, 0.4) is 0 Å². The number of aryl methyl sites for hydroxylation is 1. The average Bonchev–Trinajstić information content (AvgIpc) is 2.80. The minimum absolute atomic E-state index is 0.175. The summed E-state index contributed by atoms with van der Waals surface area (Å²) in [6, 6.07) is 1.71. The van der Waals surface area contributed by atoms with E-state index in [4.69, 9.17) is 9.52 Å². The predicted molar refractivity (Wildman–Crippen MR) is 77.1 cm³/mol. The number of piperidine rings is 1. The number of carboxylic acids is 1. The first-order valence-electron chi connectivity index (χ1n) is 7.27. The molecule has 2 N–H and O–H groups in total. The van der Waals surface area contributed by atoms with Crippen LogP contribution in [0.2, 0.25) is 0 Å². The Labute approximate surface area is 124 Å². The number of hydrogen-bond donors (Lipinski definition) is 2. The fraction of sp³-hybridized carbons (Fsp3) is 0.600. The maximum absolute atomic E-state index is 11.8. The highest BCUT2D eigenvalue weighted by atomic mass is 16.4. The maximum atomic E-state index is 11.8. The molecule has 0 unspecified atom stereocenters. The van der Waals surface area contributed by atoms with E-state index in [0.29, 0.717) is 5.76 Å². The van der Waals surface area contributed by atoms with Crippen LogP contribution in [0.25, 0.3) is 0 Å². The van der Waals surface area contributed by atoms with Crippen LogP contribution in [0.5, 0.6) is 0 Å². The number of carbonyl (C=O) groups excluding carboxylic acids is 1. The number of carboxylic acid groups (broad SMARTS) is 1. The van der Waals surface area contributed by atoms with Crippen molar-refractivity contribution in [3.63, 3.8) is 0 Å². The van der Waals surface area contributed by atoms with Crippen molar-refractivity contribution in [2.75, 3.05) is 19.6 Å². The minimum Gasteiger partial charge on any atom is -0.480 e. The molecule has 0 aliphatic carbocycles. The molecular formula is C15H22N2O4. The molecule has 6 heteroatoms. The standard InChI is InChI=1S/C15H22N2O4/c1-10-3-5-17(6-4-10)9-12-7-13(21-11(12)2)15(20)16-8-14(18)19/h7,10H,3-6,8-9H2,1-2H3,(H,16,20)(H,18,19). The monoisotopic (exact) mass is 294 g/mol. The summed E-state index contributed by atoms with van der Waals surface area (Å²) in [5, 5.41) is 10.9.